The lowest BCUT2D eigenvalue weighted by Gasteiger charge is -2.17. The molecule has 1 aliphatic carbocycles. The Balaban J connectivity index is 1.51. The molecule has 22 heavy (non-hydrogen) atoms. The molecule has 1 saturated carbocycles. The van der Waals surface area contributed by atoms with Gasteiger partial charge in [-0.2, -0.15) is 4.98 Å². The molecule has 0 unspecified atom stereocenters. The van der Waals surface area contributed by atoms with E-state index in [0.717, 1.165) is 36.3 Å². The van der Waals surface area contributed by atoms with Crippen LogP contribution in [0.25, 0.3) is 10.8 Å². The maximum Gasteiger partial charge on any atom is 0.236 e. The molecule has 0 radical (unpaired) electrons. The fraction of sp³-hybridized carbons (Fsp3) is 0.400. The Morgan fingerprint density at radius 3 is 2.91 bits per heavy atom. The fourth-order valence-corrected chi connectivity index (χ4v) is 3.47. The normalized spacial score (nSPS) is 17.1. The summed E-state index contributed by atoms with van der Waals surface area (Å²) in [6.45, 7) is 0. The Bertz CT molecular complexity index is 756. The summed E-state index contributed by atoms with van der Waals surface area (Å²) in [7, 11) is 0. The van der Waals surface area contributed by atoms with Gasteiger partial charge in [-0.05, 0) is 24.3 Å². The molecule has 3 heterocycles. The first-order valence-corrected chi connectivity index (χ1v) is 8.21. The standard InChI is InChI=1S/C15H16N4O2S/c16-15(5-1-2-6-15)14-18-12(21-19-14)8-10-9-20-13(17-10)11-4-3-7-22-11/h3-4,7,9H,1-2,5-6,8,16H2. The minimum atomic E-state index is -0.423. The van der Waals surface area contributed by atoms with Crippen LogP contribution in [0.3, 0.4) is 0 Å². The van der Waals surface area contributed by atoms with Crippen LogP contribution in [0.4, 0.5) is 0 Å². The van der Waals surface area contributed by atoms with Crippen LogP contribution in [0.15, 0.2) is 32.7 Å². The van der Waals surface area contributed by atoms with Gasteiger partial charge in [0.1, 0.15) is 6.26 Å². The van der Waals surface area contributed by atoms with E-state index in [4.69, 9.17) is 14.7 Å². The number of rotatable bonds is 4. The largest absolute Gasteiger partial charge is 0.444 e. The molecule has 0 spiro atoms. The second-order valence-corrected chi connectivity index (χ2v) is 6.62. The lowest BCUT2D eigenvalue weighted by Crippen LogP contribution is -2.34. The van der Waals surface area contributed by atoms with Crippen molar-refractivity contribution in [3.8, 4) is 10.8 Å². The summed E-state index contributed by atoms with van der Waals surface area (Å²) in [5.74, 6) is 1.76. The maximum atomic E-state index is 6.34. The van der Waals surface area contributed by atoms with E-state index in [0.29, 0.717) is 24.0 Å². The molecule has 0 atom stereocenters. The summed E-state index contributed by atoms with van der Waals surface area (Å²) in [6, 6.07) is 3.94. The predicted molar refractivity (Wildman–Crippen MR) is 81.3 cm³/mol. The Morgan fingerprint density at radius 2 is 2.14 bits per heavy atom. The fourth-order valence-electron chi connectivity index (χ4n) is 2.81. The van der Waals surface area contributed by atoms with Gasteiger partial charge in [0, 0.05) is 0 Å². The van der Waals surface area contributed by atoms with Crippen molar-refractivity contribution in [2.24, 2.45) is 5.73 Å². The van der Waals surface area contributed by atoms with Gasteiger partial charge in [0.15, 0.2) is 5.82 Å². The minimum absolute atomic E-state index is 0.423. The molecule has 0 saturated heterocycles. The second kappa shape index (κ2) is 5.33. The van der Waals surface area contributed by atoms with Gasteiger partial charge in [-0.25, -0.2) is 4.98 Å². The second-order valence-electron chi connectivity index (χ2n) is 5.67. The molecule has 3 aromatic rings. The molecule has 2 N–H and O–H groups in total. The van der Waals surface area contributed by atoms with Crippen LogP contribution in [0.2, 0.25) is 0 Å². The number of hydrogen-bond acceptors (Lipinski definition) is 7. The lowest BCUT2D eigenvalue weighted by atomic mass is 9.99. The molecule has 4 rings (SSSR count). The van der Waals surface area contributed by atoms with Gasteiger partial charge >= 0.3 is 0 Å². The highest BCUT2D eigenvalue weighted by molar-refractivity contribution is 7.13. The van der Waals surface area contributed by atoms with Crippen molar-refractivity contribution in [2.45, 2.75) is 37.6 Å². The van der Waals surface area contributed by atoms with Crippen LogP contribution >= 0.6 is 11.3 Å². The average Bonchev–Trinajstić information content (AvgIpc) is 3.27. The summed E-state index contributed by atoms with van der Waals surface area (Å²) in [5.41, 5.74) is 6.69. The van der Waals surface area contributed by atoms with E-state index in [-0.39, 0.29) is 0 Å². The van der Waals surface area contributed by atoms with Crippen LogP contribution in [0, 0.1) is 0 Å². The van der Waals surface area contributed by atoms with Crippen molar-refractivity contribution in [1.29, 1.82) is 0 Å². The van der Waals surface area contributed by atoms with Gasteiger partial charge in [-0.15, -0.1) is 11.3 Å². The van der Waals surface area contributed by atoms with E-state index in [2.05, 4.69) is 15.1 Å². The molecule has 0 aromatic carbocycles. The first kappa shape index (κ1) is 13.7. The van der Waals surface area contributed by atoms with Crippen molar-refractivity contribution >= 4 is 11.3 Å². The zero-order valence-corrected chi connectivity index (χ0v) is 12.8. The Hall–Kier alpha value is -1.99. The molecule has 0 aliphatic heterocycles. The van der Waals surface area contributed by atoms with Crippen LogP contribution in [-0.4, -0.2) is 15.1 Å². The molecule has 1 aliphatic rings. The van der Waals surface area contributed by atoms with E-state index >= 15 is 0 Å². The van der Waals surface area contributed by atoms with Crippen LogP contribution < -0.4 is 5.73 Å². The number of aromatic nitrogens is 3. The quantitative estimate of drug-likeness (QED) is 0.795. The third-order valence-electron chi connectivity index (χ3n) is 4.03. The summed E-state index contributed by atoms with van der Waals surface area (Å²) in [4.78, 5) is 9.91. The third-order valence-corrected chi connectivity index (χ3v) is 4.88. The van der Waals surface area contributed by atoms with Crippen molar-refractivity contribution in [3.05, 3.63) is 41.2 Å². The highest BCUT2D eigenvalue weighted by Gasteiger charge is 2.36. The van der Waals surface area contributed by atoms with Crippen LogP contribution in [0.1, 0.15) is 43.1 Å². The number of nitrogens with zero attached hydrogens (tertiary/aromatic N) is 3. The predicted octanol–water partition coefficient (Wildman–Crippen LogP) is 3.10. The maximum absolute atomic E-state index is 6.34. The first-order valence-electron chi connectivity index (χ1n) is 7.33. The number of hydrogen-bond donors (Lipinski definition) is 1. The molecule has 0 amide bonds. The highest BCUT2D eigenvalue weighted by Crippen LogP contribution is 2.34. The van der Waals surface area contributed by atoms with Gasteiger partial charge in [0.05, 0.1) is 22.5 Å². The Labute approximate surface area is 131 Å². The summed E-state index contributed by atoms with van der Waals surface area (Å²) >= 11 is 1.59. The van der Waals surface area contributed by atoms with Gasteiger partial charge in [-0.3, -0.25) is 0 Å². The van der Waals surface area contributed by atoms with Crippen molar-refractivity contribution in [2.75, 3.05) is 0 Å². The first-order chi connectivity index (χ1) is 10.7. The van der Waals surface area contributed by atoms with Gasteiger partial charge in [0.2, 0.25) is 11.8 Å². The van der Waals surface area contributed by atoms with E-state index in [1.807, 2.05) is 17.5 Å². The molecule has 3 aromatic heterocycles. The van der Waals surface area contributed by atoms with Crippen LogP contribution in [0.5, 0.6) is 0 Å². The van der Waals surface area contributed by atoms with Crippen molar-refractivity contribution < 1.29 is 8.94 Å². The van der Waals surface area contributed by atoms with E-state index in [1.54, 1.807) is 17.6 Å². The molecular weight excluding hydrogens is 300 g/mol. The highest BCUT2D eigenvalue weighted by atomic mass is 32.1. The number of oxazole rings is 1. The minimum Gasteiger partial charge on any atom is -0.444 e. The molecule has 114 valence electrons. The summed E-state index contributed by atoms with van der Waals surface area (Å²) in [5, 5.41) is 6.05. The van der Waals surface area contributed by atoms with Crippen LogP contribution in [-0.2, 0) is 12.0 Å². The zero-order chi connectivity index (χ0) is 15.0. The van der Waals surface area contributed by atoms with Gasteiger partial charge in [0.25, 0.3) is 0 Å². The molecule has 1 fully saturated rings. The Kier molecular flexibility index (Phi) is 3.31. The summed E-state index contributed by atoms with van der Waals surface area (Å²) in [6.07, 6.45) is 6.16. The van der Waals surface area contributed by atoms with E-state index in [9.17, 15) is 0 Å². The summed E-state index contributed by atoms with van der Waals surface area (Å²) < 4.78 is 10.8. The lowest BCUT2D eigenvalue weighted by molar-refractivity contribution is 0.351. The SMILES string of the molecule is NC1(c2noc(Cc3coc(-c4cccs4)n3)n2)CCCC1. The molecule has 7 heteroatoms. The number of thiophene rings is 1. The Morgan fingerprint density at radius 1 is 1.27 bits per heavy atom. The van der Waals surface area contributed by atoms with E-state index in [1.165, 1.54) is 0 Å². The zero-order valence-electron chi connectivity index (χ0n) is 12.0. The van der Waals surface area contributed by atoms with Crippen molar-refractivity contribution in [1.82, 2.24) is 15.1 Å². The van der Waals surface area contributed by atoms with E-state index < -0.39 is 5.54 Å². The molecule has 6 nitrogen and oxygen atoms in total. The van der Waals surface area contributed by atoms with Crippen molar-refractivity contribution in [3.63, 3.8) is 0 Å². The number of nitrogens with two attached hydrogens (primary N) is 1. The topological polar surface area (TPSA) is 91.0 Å². The monoisotopic (exact) mass is 316 g/mol. The van der Waals surface area contributed by atoms with Gasteiger partial charge in [-0.1, -0.05) is 24.1 Å². The smallest absolute Gasteiger partial charge is 0.236 e. The molecular formula is C15H16N4O2S. The average molecular weight is 316 g/mol. The molecule has 0 bridgehead atoms. The third kappa shape index (κ3) is 2.46. The van der Waals surface area contributed by atoms with Gasteiger partial charge < -0.3 is 14.7 Å².